The molecule has 0 saturated carbocycles. The number of nitrogens with one attached hydrogen (secondary N) is 3. The van der Waals surface area contributed by atoms with Crippen molar-refractivity contribution < 1.29 is 9.18 Å². The summed E-state index contributed by atoms with van der Waals surface area (Å²) in [6.07, 6.45) is 1.39. The molecule has 0 unspecified atom stereocenters. The first-order chi connectivity index (χ1) is 11.0. The molecule has 0 aliphatic carbocycles. The van der Waals surface area contributed by atoms with Crippen molar-refractivity contribution >= 4 is 39.9 Å². The fraction of sp³-hybridized carbons (Fsp3) is 0.125. The number of nitrogens with zero attached hydrogens (tertiary/aromatic N) is 1. The molecule has 3 aromatic rings. The molecule has 0 atom stereocenters. The van der Waals surface area contributed by atoms with Crippen LogP contribution in [0.25, 0.3) is 11.0 Å². The number of imidazole rings is 1. The molecule has 0 saturated heterocycles. The summed E-state index contributed by atoms with van der Waals surface area (Å²) in [6.45, 7) is 1.85. The van der Waals surface area contributed by atoms with Gasteiger partial charge in [-0.05, 0) is 36.8 Å². The average Bonchev–Trinajstić information content (AvgIpc) is 3.00. The number of anilines is 2. The molecule has 2 aromatic carbocycles. The Kier molecular flexibility index (Phi) is 3.92. The molecule has 0 radical (unpaired) electrons. The zero-order valence-electron chi connectivity index (χ0n) is 12.5. The van der Waals surface area contributed by atoms with Gasteiger partial charge in [0.05, 0.1) is 23.1 Å². The summed E-state index contributed by atoms with van der Waals surface area (Å²) >= 11 is 5.94. The Hall–Kier alpha value is -2.60. The van der Waals surface area contributed by atoms with Crippen LogP contribution in [0.3, 0.4) is 0 Å². The number of carbonyl (C=O) groups excluding carboxylic acids is 1. The lowest BCUT2D eigenvalue weighted by Gasteiger charge is -2.14. The fourth-order valence-corrected chi connectivity index (χ4v) is 2.61. The van der Waals surface area contributed by atoms with Crippen molar-refractivity contribution in [3.63, 3.8) is 0 Å². The Labute approximate surface area is 136 Å². The third kappa shape index (κ3) is 2.73. The van der Waals surface area contributed by atoms with Crippen LogP contribution in [0.15, 0.2) is 30.6 Å². The van der Waals surface area contributed by atoms with Crippen molar-refractivity contribution in [2.45, 2.75) is 6.92 Å². The first-order valence-corrected chi connectivity index (χ1v) is 7.30. The van der Waals surface area contributed by atoms with Crippen molar-refractivity contribution in [3.8, 4) is 0 Å². The Morgan fingerprint density at radius 3 is 2.83 bits per heavy atom. The molecule has 7 heteroatoms. The molecular weight excluding hydrogens is 319 g/mol. The largest absolute Gasteiger partial charge is 0.355 e. The third-order valence-corrected chi connectivity index (χ3v) is 3.81. The normalized spacial score (nSPS) is 10.8. The number of carbonyl (C=O) groups is 1. The molecular formula is C16H14ClFN4O. The highest BCUT2D eigenvalue weighted by Crippen LogP contribution is 2.31. The molecule has 23 heavy (non-hydrogen) atoms. The number of aromatic amines is 1. The van der Waals surface area contributed by atoms with Gasteiger partial charge in [0.15, 0.2) is 5.82 Å². The van der Waals surface area contributed by atoms with Crippen LogP contribution in [0.1, 0.15) is 15.9 Å². The SMILES string of the molecule is CNC(=O)c1cc2[nH]cnc2c(F)c1Nc1ccc(Cl)cc1C. The number of amides is 1. The molecule has 0 fully saturated rings. The minimum atomic E-state index is -0.586. The first kappa shape index (κ1) is 15.3. The van der Waals surface area contributed by atoms with E-state index in [2.05, 4.69) is 20.6 Å². The number of hydrogen-bond acceptors (Lipinski definition) is 3. The van der Waals surface area contributed by atoms with Crippen molar-refractivity contribution in [1.29, 1.82) is 0 Å². The van der Waals surface area contributed by atoms with Gasteiger partial charge < -0.3 is 15.6 Å². The van der Waals surface area contributed by atoms with Gasteiger partial charge >= 0.3 is 0 Å². The van der Waals surface area contributed by atoms with E-state index in [4.69, 9.17) is 11.6 Å². The molecule has 0 aliphatic heterocycles. The van der Waals surface area contributed by atoms with E-state index in [0.717, 1.165) is 5.56 Å². The lowest BCUT2D eigenvalue weighted by atomic mass is 10.1. The molecule has 118 valence electrons. The number of rotatable bonds is 3. The van der Waals surface area contributed by atoms with Crippen molar-refractivity contribution in [3.05, 3.63) is 52.6 Å². The maximum atomic E-state index is 14.8. The number of fused-ring (bicyclic) bond motifs is 1. The highest BCUT2D eigenvalue weighted by molar-refractivity contribution is 6.30. The second kappa shape index (κ2) is 5.89. The van der Waals surface area contributed by atoms with Gasteiger partial charge in [0, 0.05) is 17.8 Å². The summed E-state index contributed by atoms with van der Waals surface area (Å²) in [4.78, 5) is 18.9. The number of aromatic nitrogens is 2. The number of H-pyrrole nitrogens is 1. The Balaban J connectivity index is 2.17. The van der Waals surface area contributed by atoms with Crippen LogP contribution in [0.4, 0.5) is 15.8 Å². The maximum Gasteiger partial charge on any atom is 0.253 e. The van der Waals surface area contributed by atoms with Crippen molar-refractivity contribution in [2.75, 3.05) is 12.4 Å². The van der Waals surface area contributed by atoms with E-state index in [9.17, 15) is 9.18 Å². The van der Waals surface area contributed by atoms with Crippen LogP contribution >= 0.6 is 11.6 Å². The predicted octanol–water partition coefficient (Wildman–Crippen LogP) is 3.77. The maximum absolute atomic E-state index is 14.8. The van der Waals surface area contributed by atoms with Crippen molar-refractivity contribution in [2.24, 2.45) is 0 Å². The van der Waals surface area contributed by atoms with Gasteiger partial charge in [0.2, 0.25) is 0 Å². The smallest absolute Gasteiger partial charge is 0.253 e. The standard InChI is InChI=1S/C16H14ClFN4O/c1-8-5-9(17)3-4-11(8)22-14-10(16(23)19-2)6-12-15(13(14)18)21-7-20-12/h3-7,22H,1-2H3,(H,19,23)(H,20,21). The first-order valence-electron chi connectivity index (χ1n) is 6.92. The summed E-state index contributed by atoms with van der Waals surface area (Å²) in [6, 6.07) is 6.76. The van der Waals surface area contributed by atoms with Gasteiger partial charge in [0.25, 0.3) is 5.91 Å². The summed E-state index contributed by atoms with van der Waals surface area (Å²) < 4.78 is 14.8. The third-order valence-electron chi connectivity index (χ3n) is 3.57. The van der Waals surface area contributed by atoms with Crippen LogP contribution in [0.5, 0.6) is 0 Å². The number of benzene rings is 2. The monoisotopic (exact) mass is 332 g/mol. The molecule has 0 bridgehead atoms. The highest BCUT2D eigenvalue weighted by atomic mass is 35.5. The van der Waals surface area contributed by atoms with Crippen LogP contribution in [-0.4, -0.2) is 22.9 Å². The summed E-state index contributed by atoms with van der Waals surface area (Å²) in [5.41, 5.74) is 2.40. The Morgan fingerprint density at radius 2 is 2.13 bits per heavy atom. The highest BCUT2D eigenvalue weighted by Gasteiger charge is 2.20. The minimum Gasteiger partial charge on any atom is -0.355 e. The Morgan fingerprint density at radius 1 is 1.35 bits per heavy atom. The molecule has 1 aromatic heterocycles. The van der Waals surface area contributed by atoms with Crippen LogP contribution in [-0.2, 0) is 0 Å². The van der Waals surface area contributed by atoms with Gasteiger partial charge in [-0.2, -0.15) is 0 Å². The fourth-order valence-electron chi connectivity index (χ4n) is 2.38. The number of hydrogen-bond donors (Lipinski definition) is 3. The van der Waals surface area contributed by atoms with E-state index >= 15 is 0 Å². The van der Waals surface area contributed by atoms with E-state index in [1.54, 1.807) is 24.3 Å². The molecule has 3 N–H and O–H groups in total. The van der Waals surface area contributed by atoms with Gasteiger partial charge in [0.1, 0.15) is 5.52 Å². The zero-order valence-corrected chi connectivity index (χ0v) is 13.3. The van der Waals surface area contributed by atoms with Gasteiger partial charge in [-0.15, -0.1) is 0 Å². The summed E-state index contributed by atoms with van der Waals surface area (Å²) in [5.74, 6) is -0.980. The van der Waals surface area contributed by atoms with Gasteiger partial charge in [-0.25, -0.2) is 9.37 Å². The lowest BCUT2D eigenvalue weighted by molar-refractivity contribution is 0.0963. The van der Waals surface area contributed by atoms with Gasteiger partial charge in [-0.3, -0.25) is 4.79 Å². The summed E-state index contributed by atoms with van der Waals surface area (Å²) in [5, 5.41) is 6.09. The van der Waals surface area contributed by atoms with Crippen molar-refractivity contribution in [1.82, 2.24) is 15.3 Å². The predicted molar refractivity (Wildman–Crippen MR) is 88.9 cm³/mol. The van der Waals surface area contributed by atoms with Gasteiger partial charge in [-0.1, -0.05) is 11.6 Å². The molecule has 0 aliphatic rings. The quantitative estimate of drug-likeness (QED) is 0.684. The average molecular weight is 333 g/mol. The summed E-state index contributed by atoms with van der Waals surface area (Å²) in [7, 11) is 1.49. The Bertz CT molecular complexity index is 906. The molecule has 0 spiro atoms. The zero-order chi connectivity index (χ0) is 16.6. The van der Waals surface area contributed by atoms with Crippen LogP contribution in [0.2, 0.25) is 5.02 Å². The van der Waals surface area contributed by atoms with Crippen LogP contribution < -0.4 is 10.6 Å². The number of halogens is 2. The minimum absolute atomic E-state index is 0.0781. The number of aryl methyl sites for hydroxylation is 1. The second-order valence-corrected chi connectivity index (χ2v) is 5.51. The molecule has 3 rings (SSSR count). The van der Waals surface area contributed by atoms with Crippen LogP contribution in [0, 0.1) is 12.7 Å². The molecule has 5 nitrogen and oxygen atoms in total. The topological polar surface area (TPSA) is 69.8 Å². The van der Waals surface area contributed by atoms with E-state index < -0.39 is 11.7 Å². The second-order valence-electron chi connectivity index (χ2n) is 5.08. The lowest BCUT2D eigenvalue weighted by Crippen LogP contribution is -2.20. The van der Waals surface area contributed by atoms with E-state index in [0.29, 0.717) is 16.2 Å². The van der Waals surface area contributed by atoms with E-state index in [-0.39, 0.29) is 16.8 Å². The van der Waals surface area contributed by atoms with E-state index in [1.165, 1.54) is 13.4 Å². The molecule has 1 heterocycles. The molecule has 1 amide bonds. The van der Waals surface area contributed by atoms with E-state index in [1.807, 2.05) is 6.92 Å².